The molecule has 82 valence electrons. The van der Waals surface area contributed by atoms with Gasteiger partial charge in [0.1, 0.15) is 5.75 Å². The van der Waals surface area contributed by atoms with Gasteiger partial charge in [-0.1, -0.05) is 13.8 Å². The van der Waals surface area contributed by atoms with Crippen LogP contribution in [-0.2, 0) is 11.2 Å². The van der Waals surface area contributed by atoms with E-state index in [9.17, 15) is 4.79 Å². The number of nitrogens with one attached hydrogen (secondary N) is 1. The first-order valence-corrected chi connectivity index (χ1v) is 5.26. The van der Waals surface area contributed by atoms with E-state index in [4.69, 9.17) is 4.74 Å². The highest BCUT2D eigenvalue weighted by atomic mass is 16.5. The lowest BCUT2D eigenvalue weighted by atomic mass is 10.0. The molecule has 1 amide bonds. The van der Waals surface area contributed by atoms with Crippen LogP contribution < -0.4 is 10.1 Å². The molecule has 0 radical (unpaired) electrons. The SMILES string of the molecule is CC.COc1ccc2c(c1)CCC(=O)N2. The predicted molar refractivity (Wildman–Crippen MR) is 61.3 cm³/mol. The van der Waals surface area contributed by atoms with Gasteiger partial charge in [0.15, 0.2) is 0 Å². The lowest BCUT2D eigenvalue weighted by Crippen LogP contribution is -2.18. The van der Waals surface area contributed by atoms with Crippen LogP contribution in [0.4, 0.5) is 5.69 Å². The number of carbonyl (C=O) groups is 1. The van der Waals surface area contributed by atoms with Crippen molar-refractivity contribution in [3.8, 4) is 5.75 Å². The molecule has 0 fully saturated rings. The molecule has 1 aromatic rings. The normalized spacial score (nSPS) is 13.1. The Kier molecular flexibility index (Phi) is 4.16. The van der Waals surface area contributed by atoms with Gasteiger partial charge in [0, 0.05) is 12.1 Å². The first-order chi connectivity index (χ1) is 7.29. The number of benzene rings is 1. The van der Waals surface area contributed by atoms with Crippen LogP contribution >= 0.6 is 0 Å². The molecule has 1 heterocycles. The average Bonchev–Trinajstić information content (AvgIpc) is 2.31. The number of hydrogen-bond donors (Lipinski definition) is 1. The summed E-state index contributed by atoms with van der Waals surface area (Å²) in [6.07, 6.45) is 1.37. The minimum absolute atomic E-state index is 0.0951. The third-order valence-corrected chi connectivity index (χ3v) is 2.21. The van der Waals surface area contributed by atoms with E-state index >= 15 is 0 Å². The first-order valence-electron chi connectivity index (χ1n) is 5.26. The van der Waals surface area contributed by atoms with Crippen LogP contribution in [-0.4, -0.2) is 13.0 Å². The first kappa shape index (κ1) is 11.6. The number of methoxy groups -OCH3 is 1. The van der Waals surface area contributed by atoms with Crippen LogP contribution in [0.5, 0.6) is 5.75 Å². The van der Waals surface area contributed by atoms with Crippen molar-refractivity contribution in [3.05, 3.63) is 23.8 Å². The number of ether oxygens (including phenoxy) is 1. The minimum Gasteiger partial charge on any atom is -0.497 e. The molecule has 0 aliphatic carbocycles. The molecule has 3 heteroatoms. The van der Waals surface area contributed by atoms with E-state index in [1.807, 2.05) is 32.0 Å². The molecule has 0 saturated heterocycles. The average molecular weight is 207 g/mol. The summed E-state index contributed by atoms with van der Waals surface area (Å²) in [5, 5.41) is 2.82. The number of fused-ring (bicyclic) bond motifs is 1. The van der Waals surface area contributed by atoms with Gasteiger partial charge in [-0.15, -0.1) is 0 Å². The smallest absolute Gasteiger partial charge is 0.224 e. The van der Waals surface area contributed by atoms with Gasteiger partial charge in [-0.3, -0.25) is 4.79 Å². The van der Waals surface area contributed by atoms with E-state index in [2.05, 4.69) is 5.32 Å². The van der Waals surface area contributed by atoms with Gasteiger partial charge in [-0.05, 0) is 30.2 Å². The van der Waals surface area contributed by atoms with Crippen molar-refractivity contribution in [2.24, 2.45) is 0 Å². The molecule has 15 heavy (non-hydrogen) atoms. The minimum atomic E-state index is 0.0951. The fourth-order valence-electron chi connectivity index (χ4n) is 1.49. The van der Waals surface area contributed by atoms with Gasteiger partial charge in [-0.25, -0.2) is 0 Å². The van der Waals surface area contributed by atoms with Gasteiger partial charge in [0.25, 0.3) is 0 Å². The van der Waals surface area contributed by atoms with E-state index in [0.29, 0.717) is 6.42 Å². The molecule has 1 aromatic carbocycles. The third-order valence-electron chi connectivity index (χ3n) is 2.21. The van der Waals surface area contributed by atoms with Crippen molar-refractivity contribution >= 4 is 11.6 Å². The summed E-state index contributed by atoms with van der Waals surface area (Å²) in [4.78, 5) is 11.0. The predicted octanol–water partition coefficient (Wildman–Crippen LogP) is 2.61. The molecular formula is C12H17NO2. The fraction of sp³-hybridized carbons (Fsp3) is 0.417. The summed E-state index contributed by atoms with van der Waals surface area (Å²) in [7, 11) is 1.64. The number of anilines is 1. The summed E-state index contributed by atoms with van der Waals surface area (Å²) in [5.41, 5.74) is 2.07. The van der Waals surface area contributed by atoms with Crippen LogP contribution in [0.1, 0.15) is 25.8 Å². The van der Waals surface area contributed by atoms with Crippen LogP contribution in [0.15, 0.2) is 18.2 Å². The zero-order valence-corrected chi connectivity index (χ0v) is 9.46. The Morgan fingerprint density at radius 3 is 2.67 bits per heavy atom. The molecular weight excluding hydrogens is 190 g/mol. The third kappa shape index (κ3) is 2.72. The Balaban J connectivity index is 0.000000531. The monoisotopic (exact) mass is 207 g/mol. The number of aryl methyl sites for hydroxylation is 1. The standard InChI is InChI=1S/C10H11NO2.C2H6/c1-13-8-3-4-9-7(6-8)2-5-10(12)11-9;1-2/h3-4,6H,2,5H2,1H3,(H,11,12);1-2H3. The van der Waals surface area contributed by atoms with Gasteiger partial charge in [0.2, 0.25) is 5.91 Å². The topological polar surface area (TPSA) is 38.3 Å². The molecule has 1 aliphatic heterocycles. The number of hydrogen-bond acceptors (Lipinski definition) is 2. The number of carbonyl (C=O) groups excluding carboxylic acids is 1. The molecule has 1 aliphatic rings. The van der Waals surface area contributed by atoms with E-state index in [0.717, 1.165) is 23.4 Å². The fourth-order valence-corrected chi connectivity index (χ4v) is 1.49. The van der Waals surface area contributed by atoms with Crippen molar-refractivity contribution in [2.45, 2.75) is 26.7 Å². The van der Waals surface area contributed by atoms with Gasteiger partial charge in [0.05, 0.1) is 7.11 Å². The van der Waals surface area contributed by atoms with Crippen LogP contribution in [0.25, 0.3) is 0 Å². The van der Waals surface area contributed by atoms with Gasteiger partial charge < -0.3 is 10.1 Å². The van der Waals surface area contributed by atoms with Gasteiger partial charge in [-0.2, -0.15) is 0 Å². The Hall–Kier alpha value is -1.51. The molecule has 0 saturated carbocycles. The second-order valence-corrected chi connectivity index (χ2v) is 3.07. The van der Waals surface area contributed by atoms with E-state index in [1.165, 1.54) is 0 Å². The van der Waals surface area contributed by atoms with Crippen molar-refractivity contribution < 1.29 is 9.53 Å². The zero-order chi connectivity index (χ0) is 11.3. The van der Waals surface area contributed by atoms with E-state index in [-0.39, 0.29) is 5.91 Å². The van der Waals surface area contributed by atoms with Crippen molar-refractivity contribution in [1.29, 1.82) is 0 Å². The summed E-state index contributed by atoms with van der Waals surface area (Å²) in [6, 6.07) is 5.70. The largest absolute Gasteiger partial charge is 0.497 e. The highest BCUT2D eigenvalue weighted by Gasteiger charge is 2.14. The summed E-state index contributed by atoms with van der Waals surface area (Å²) < 4.78 is 5.09. The van der Waals surface area contributed by atoms with Crippen LogP contribution in [0.2, 0.25) is 0 Å². The van der Waals surface area contributed by atoms with Gasteiger partial charge >= 0.3 is 0 Å². The molecule has 2 rings (SSSR count). The molecule has 0 spiro atoms. The molecule has 1 N–H and O–H groups in total. The molecule has 0 unspecified atom stereocenters. The van der Waals surface area contributed by atoms with E-state index < -0.39 is 0 Å². The lowest BCUT2D eigenvalue weighted by molar-refractivity contribution is -0.116. The maximum absolute atomic E-state index is 11.0. The molecule has 0 atom stereocenters. The quantitative estimate of drug-likeness (QED) is 0.768. The Labute approximate surface area is 90.4 Å². The maximum Gasteiger partial charge on any atom is 0.224 e. The Morgan fingerprint density at radius 1 is 1.27 bits per heavy atom. The number of rotatable bonds is 1. The summed E-state index contributed by atoms with van der Waals surface area (Å²) >= 11 is 0. The summed E-state index contributed by atoms with van der Waals surface area (Å²) in [5.74, 6) is 0.938. The second kappa shape index (κ2) is 5.39. The Morgan fingerprint density at radius 2 is 2.00 bits per heavy atom. The zero-order valence-electron chi connectivity index (χ0n) is 9.46. The van der Waals surface area contributed by atoms with E-state index in [1.54, 1.807) is 7.11 Å². The highest BCUT2D eigenvalue weighted by Crippen LogP contribution is 2.26. The van der Waals surface area contributed by atoms with Crippen molar-refractivity contribution in [1.82, 2.24) is 0 Å². The Bertz CT molecular complexity index is 347. The van der Waals surface area contributed by atoms with Crippen LogP contribution in [0, 0.1) is 0 Å². The van der Waals surface area contributed by atoms with Crippen LogP contribution in [0.3, 0.4) is 0 Å². The highest BCUT2D eigenvalue weighted by molar-refractivity contribution is 5.93. The maximum atomic E-state index is 11.0. The van der Waals surface area contributed by atoms with Crippen molar-refractivity contribution in [2.75, 3.05) is 12.4 Å². The second-order valence-electron chi connectivity index (χ2n) is 3.07. The van der Waals surface area contributed by atoms with Crippen molar-refractivity contribution in [3.63, 3.8) is 0 Å². The molecule has 0 aromatic heterocycles. The molecule has 3 nitrogen and oxygen atoms in total. The molecule has 0 bridgehead atoms. The summed E-state index contributed by atoms with van der Waals surface area (Å²) in [6.45, 7) is 4.00. The number of amides is 1. The lowest BCUT2D eigenvalue weighted by Gasteiger charge is -2.16.